The summed E-state index contributed by atoms with van der Waals surface area (Å²) in [5, 5.41) is 2.37. The molecule has 1 saturated heterocycles. The van der Waals surface area contributed by atoms with Crippen molar-refractivity contribution >= 4 is 33.4 Å². The van der Waals surface area contributed by atoms with Gasteiger partial charge in [-0.1, -0.05) is 19.1 Å². The Kier molecular flexibility index (Phi) is 4.21. The highest BCUT2D eigenvalue weighted by Crippen LogP contribution is 2.26. The average Bonchev–Trinajstić information content (AvgIpc) is 2.34. The van der Waals surface area contributed by atoms with Crippen LogP contribution in [0.5, 0.6) is 0 Å². The van der Waals surface area contributed by atoms with Crippen molar-refractivity contribution in [3.05, 3.63) is 28.2 Å². The lowest BCUT2D eigenvalue weighted by molar-refractivity contribution is -0.140. The topological polar surface area (TPSA) is 75.4 Å². The number of nitrogens with one attached hydrogen (secondary N) is 1. The number of imide groups is 1. The Hall–Kier alpha value is -1.40. The van der Waals surface area contributed by atoms with Gasteiger partial charge in [0.1, 0.15) is 0 Å². The second-order valence-corrected chi connectivity index (χ2v) is 5.35. The van der Waals surface area contributed by atoms with Crippen LogP contribution in [0.3, 0.4) is 0 Å². The van der Waals surface area contributed by atoms with Crippen LogP contribution in [0.2, 0.25) is 0 Å². The zero-order valence-electron chi connectivity index (χ0n) is 10.6. The summed E-state index contributed by atoms with van der Waals surface area (Å²) in [5.41, 5.74) is 7.46. The molecule has 5 nitrogen and oxygen atoms in total. The molecule has 1 aromatic carbocycles. The molecule has 0 saturated carbocycles. The van der Waals surface area contributed by atoms with Crippen LogP contribution in [-0.2, 0) is 16.1 Å². The minimum Gasteiger partial charge on any atom is -0.398 e. The number of nitrogen functional groups attached to an aromatic ring is 1. The Bertz CT molecular complexity index is 519. The average molecular weight is 326 g/mol. The van der Waals surface area contributed by atoms with E-state index in [2.05, 4.69) is 21.2 Å². The maximum Gasteiger partial charge on any atom is 0.243 e. The van der Waals surface area contributed by atoms with E-state index in [9.17, 15) is 9.59 Å². The highest BCUT2D eigenvalue weighted by atomic mass is 79.9. The molecule has 0 radical (unpaired) electrons. The highest BCUT2D eigenvalue weighted by Gasteiger charge is 2.32. The standard InChI is InChI=1S/C13H16BrN3O2/c1-2-10-13(19)16-11(18)7-17(10)6-8-4-3-5-9(15)12(8)14/h3-5,10H,2,6-7,15H2,1H3,(H,16,18,19). The van der Waals surface area contributed by atoms with E-state index in [4.69, 9.17) is 5.73 Å². The Morgan fingerprint density at radius 3 is 2.89 bits per heavy atom. The van der Waals surface area contributed by atoms with Crippen LogP contribution in [0.25, 0.3) is 0 Å². The molecule has 102 valence electrons. The molecule has 1 aliphatic heterocycles. The first kappa shape index (κ1) is 14.0. The van der Waals surface area contributed by atoms with Gasteiger partial charge in [-0.3, -0.25) is 19.8 Å². The first-order valence-corrected chi connectivity index (χ1v) is 6.92. The summed E-state index contributed by atoms with van der Waals surface area (Å²) in [6.07, 6.45) is 0.666. The molecule has 19 heavy (non-hydrogen) atoms. The number of hydrogen-bond acceptors (Lipinski definition) is 4. The predicted octanol–water partition coefficient (Wildman–Crippen LogP) is 1.27. The Morgan fingerprint density at radius 1 is 1.47 bits per heavy atom. The van der Waals surface area contributed by atoms with Crippen LogP contribution < -0.4 is 11.1 Å². The summed E-state index contributed by atoms with van der Waals surface area (Å²) in [5.74, 6) is -0.478. The second kappa shape index (κ2) is 5.71. The number of hydrogen-bond donors (Lipinski definition) is 2. The zero-order valence-corrected chi connectivity index (χ0v) is 12.2. The number of nitrogens with zero attached hydrogens (tertiary/aromatic N) is 1. The lowest BCUT2D eigenvalue weighted by Gasteiger charge is -2.33. The van der Waals surface area contributed by atoms with Crippen molar-refractivity contribution in [3.8, 4) is 0 Å². The normalized spacial score (nSPS) is 20.4. The van der Waals surface area contributed by atoms with E-state index in [1.807, 2.05) is 24.0 Å². The third kappa shape index (κ3) is 2.96. The third-order valence-electron chi connectivity index (χ3n) is 3.22. The van der Waals surface area contributed by atoms with Crippen LogP contribution in [0, 0.1) is 0 Å². The molecule has 0 spiro atoms. The van der Waals surface area contributed by atoms with Crippen molar-refractivity contribution in [2.75, 3.05) is 12.3 Å². The van der Waals surface area contributed by atoms with E-state index >= 15 is 0 Å². The molecule has 1 fully saturated rings. The van der Waals surface area contributed by atoms with Gasteiger partial charge in [0, 0.05) is 16.7 Å². The van der Waals surface area contributed by atoms with Gasteiger partial charge in [-0.2, -0.15) is 0 Å². The summed E-state index contributed by atoms with van der Waals surface area (Å²) in [4.78, 5) is 25.1. The monoisotopic (exact) mass is 325 g/mol. The van der Waals surface area contributed by atoms with Gasteiger partial charge in [0.2, 0.25) is 11.8 Å². The molecule has 1 heterocycles. The number of amides is 2. The Labute approximate surface area is 120 Å². The number of halogens is 1. The van der Waals surface area contributed by atoms with E-state index in [-0.39, 0.29) is 24.4 Å². The van der Waals surface area contributed by atoms with Gasteiger partial charge in [-0.25, -0.2) is 0 Å². The third-order valence-corrected chi connectivity index (χ3v) is 4.19. The van der Waals surface area contributed by atoms with Crippen molar-refractivity contribution in [1.82, 2.24) is 10.2 Å². The maximum absolute atomic E-state index is 11.8. The van der Waals surface area contributed by atoms with Gasteiger partial charge in [0.15, 0.2) is 0 Å². The zero-order chi connectivity index (χ0) is 14.0. The number of carbonyl (C=O) groups is 2. The van der Waals surface area contributed by atoms with E-state index < -0.39 is 0 Å². The van der Waals surface area contributed by atoms with Gasteiger partial charge in [0.05, 0.1) is 12.6 Å². The Balaban J connectivity index is 2.22. The van der Waals surface area contributed by atoms with Gasteiger partial charge in [-0.05, 0) is 34.0 Å². The molecule has 2 rings (SSSR count). The Morgan fingerprint density at radius 2 is 2.21 bits per heavy atom. The molecule has 0 bridgehead atoms. The largest absolute Gasteiger partial charge is 0.398 e. The summed E-state index contributed by atoms with van der Waals surface area (Å²) in [7, 11) is 0. The van der Waals surface area contributed by atoms with Crippen LogP contribution in [-0.4, -0.2) is 29.3 Å². The number of rotatable bonds is 3. The van der Waals surface area contributed by atoms with E-state index in [0.29, 0.717) is 18.7 Å². The molecule has 1 aromatic rings. The number of carbonyl (C=O) groups excluding carboxylic acids is 2. The fraction of sp³-hybridized carbons (Fsp3) is 0.385. The van der Waals surface area contributed by atoms with Crippen molar-refractivity contribution < 1.29 is 9.59 Å². The van der Waals surface area contributed by atoms with E-state index in [0.717, 1.165) is 10.0 Å². The number of piperazine rings is 1. The predicted molar refractivity (Wildman–Crippen MR) is 76.2 cm³/mol. The molecule has 6 heteroatoms. The van der Waals surface area contributed by atoms with Crippen LogP contribution in [0.4, 0.5) is 5.69 Å². The number of benzene rings is 1. The summed E-state index contributed by atoms with van der Waals surface area (Å²) >= 11 is 3.44. The maximum atomic E-state index is 11.8. The molecule has 0 aliphatic carbocycles. The molecular formula is C13H16BrN3O2. The molecule has 1 atom stereocenters. The highest BCUT2D eigenvalue weighted by molar-refractivity contribution is 9.10. The fourth-order valence-corrected chi connectivity index (χ4v) is 2.66. The van der Waals surface area contributed by atoms with Crippen LogP contribution >= 0.6 is 15.9 Å². The van der Waals surface area contributed by atoms with Crippen molar-refractivity contribution in [1.29, 1.82) is 0 Å². The van der Waals surface area contributed by atoms with Crippen molar-refractivity contribution in [2.24, 2.45) is 0 Å². The quantitative estimate of drug-likeness (QED) is 0.648. The van der Waals surface area contributed by atoms with Crippen molar-refractivity contribution in [3.63, 3.8) is 0 Å². The second-order valence-electron chi connectivity index (χ2n) is 4.56. The van der Waals surface area contributed by atoms with Crippen molar-refractivity contribution in [2.45, 2.75) is 25.9 Å². The van der Waals surface area contributed by atoms with Gasteiger partial charge in [-0.15, -0.1) is 0 Å². The van der Waals surface area contributed by atoms with Gasteiger partial charge < -0.3 is 5.73 Å². The number of nitrogens with two attached hydrogens (primary N) is 1. The smallest absolute Gasteiger partial charge is 0.243 e. The molecule has 3 N–H and O–H groups in total. The SMILES string of the molecule is CCC1C(=O)NC(=O)CN1Cc1cccc(N)c1Br. The molecule has 2 amide bonds. The molecule has 1 aliphatic rings. The van der Waals surface area contributed by atoms with Crippen LogP contribution in [0.15, 0.2) is 22.7 Å². The first-order valence-electron chi connectivity index (χ1n) is 6.13. The minimum absolute atomic E-state index is 0.223. The fourth-order valence-electron chi connectivity index (χ4n) is 2.27. The van der Waals surface area contributed by atoms with Crippen LogP contribution in [0.1, 0.15) is 18.9 Å². The summed E-state index contributed by atoms with van der Waals surface area (Å²) in [6, 6.07) is 5.33. The minimum atomic E-state index is -0.272. The lowest BCUT2D eigenvalue weighted by atomic mass is 10.1. The lowest BCUT2D eigenvalue weighted by Crippen LogP contribution is -2.57. The molecule has 0 aromatic heterocycles. The van der Waals surface area contributed by atoms with Gasteiger partial charge >= 0.3 is 0 Å². The van der Waals surface area contributed by atoms with E-state index in [1.165, 1.54) is 0 Å². The first-order chi connectivity index (χ1) is 9.02. The van der Waals surface area contributed by atoms with E-state index in [1.54, 1.807) is 6.07 Å². The number of anilines is 1. The summed E-state index contributed by atoms with van der Waals surface area (Å²) < 4.78 is 0.822. The molecule has 1 unspecified atom stereocenters. The molecular weight excluding hydrogens is 310 g/mol. The van der Waals surface area contributed by atoms with Gasteiger partial charge in [0.25, 0.3) is 0 Å². The summed E-state index contributed by atoms with van der Waals surface area (Å²) in [6.45, 7) is 2.68.